The molecule has 0 amide bonds. The molecule has 0 bridgehead atoms. The number of nitrogens with zero attached hydrogens (tertiary/aromatic N) is 6. The summed E-state index contributed by atoms with van der Waals surface area (Å²) in [6.07, 6.45) is 11.3. The molecule has 0 radical (unpaired) electrons. The predicted molar refractivity (Wildman–Crippen MR) is 118 cm³/mol. The molecular formula is C22H27ClN6O. The minimum Gasteiger partial charge on any atom is -0.391 e. The van der Waals surface area contributed by atoms with E-state index in [1.165, 1.54) is 12.8 Å². The molecule has 2 saturated carbocycles. The molecule has 2 unspecified atom stereocenters. The number of aliphatic hydroxyl groups excluding tert-OH is 1. The fourth-order valence-electron chi connectivity index (χ4n) is 5.10. The van der Waals surface area contributed by atoms with E-state index in [-0.39, 0.29) is 6.10 Å². The fraction of sp³-hybridized carbons (Fsp3) is 0.545. The highest BCUT2D eigenvalue weighted by Crippen LogP contribution is 2.36. The maximum atomic E-state index is 10.2. The van der Waals surface area contributed by atoms with Crippen molar-refractivity contribution in [3.8, 4) is 5.69 Å². The summed E-state index contributed by atoms with van der Waals surface area (Å²) < 4.78 is 4.02. The average Bonchev–Trinajstić information content (AvgIpc) is 3.14. The van der Waals surface area contributed by atoms with Crippen LogP contribution in [0.1, 0.15) is 38.1 Å². The standard InChI is InChI=1S/C22H27ClN6O/c23-18-10-15-12-25-29(17-13-24-28(14-17)16-4-5-16)20(15)11-21(18)27-8-6-26(7-9-27)19-2-1-3-22(19)30/h10-14,16,19,22,30H,1-9H2. The number of anilines is 1. The number of hydrogen-bond donors (Lipinski definition) is 1. The Kier molecular flexibility index (Phi) is 4.51. The van der Waals surface area contributed by atoms with Gasteiger partial charge in [-0.1, -0.05) is 11.6 Å². The van der Waals surface area contributed by atoms with Gasteiger partial charge in [0.1, 0.15) is 5.69 Å². The van der Waals surface area contributed by atoms with E-state index in [1.807, 2.05) is 23.1 Å². The lowest BCUT2D eigenvalue weighted by Crippen LogP contribution is -2.52. The van der Waals surface area contributed by atoms with Crippen LogP contribution in [-0.4, -0.2) is 67.9 Å². The van der Waals surface area contributed by atoms with Gasteiger partial charge in [0.2, 0.25) is 0 Å². The summed E-state index contributed by atoms with van der Waals surface area (Å²) in [6.45, 7) is 3.76. The first kappa shape index (κ1) is 18.7. The van der Waals surface area contributed by atoms with Crippen molar-refractivity contribution >= 4 is 28.2 Å². The van der Waals surface area contributed by atoms with Gasteiger partial charge >= 0.3 is 0 Å². The lowest BCUT2D eigenvalue weighted by atomic mass is 10.1. The molecule has 30 heavy (non-hydrogen) atoms. The lowest BCUT2D eigenvalue weighted by Gasteiger charge is -2.40. The van der Waals surface area contributed by atoms with E-state index in [0.717, 1.165) is 72.7 Å². The van der Waals surface area contributed by atoms with Crippen molar-refractivity contribution in [2.75, 3.05) is 31.1 Å². The van der Waals surface area contributed by atoms with Gasteiger partial charge in [-0.05, 0) is 44.2 Å². The van der Waals surface area contributed by atoms with E-state index in [2.05, 4.69) is 36.9 Å². The van der Waals surface area contributed by atoms with Crippen molar-refractivity contribution in [2.24, 2.45) is 0 Å². The summed E-state index contributed by atoms with van der Waals surface area (Å²) in [5, 5.41) is 21.2. The van der Waals surface area contributed by atoms with E-state index in [1.54, 1.807) is 0 Å². The number of fused-ring (bicyclic) bond motifs is 1. The summed E-state index contributed by atoms with van der Waals surface area (Å²) in [5.41, 5.74) is 3.11. The minimum atomic E-state index is -0.164. The number of halogens is 1. The highest BCUT2D eigenvalue weighted by atomic mass is 35.5. The van der Waals surface area contributed by atoms with E-state index in [0.29, 0.717) is 12.1 Å². The van der Waals surface area contributed by atoms with Crippen LogP contribution in [0.25, 0.3) is 16.6 Å². The fourth-order valence-corrected chi connectivity index (χ4v) is 5.39. The van der Waals surface area contributed by atoms with Crippen LogP contribution in [0.2, 0.25) is 5.02 Å². The maximum absolute atomic E-state index is 10.2. The van der Waals surface area contributed by atoms with Crippen LogP contribution in [0.15, 0.2) is 30.7 Å². The number of aromatic nitrogens is 4. The van der Waals surface area contributed by atoms with Gasteiger partial charge in [0.25, 0.3) is 0 Å². The van der Waals surface area contributed by atoms with Gasteiger partial charge in [-0.3, -0.25) is 9.58 Å². The van der Waals surface area contributed by atoms with Crippen molar-refractivity contribution in [3.63, 3.8) is 0 Å². The molecule has 3 aliphatic rings. The molecule has 3 aromatic rings. The summed E-state index contributed by atoms with van der Waals surface area (Å²) in [6, 6.07) is 5.07. The van der Waals surface area contributed by atoms with Crippen LogP contribution in [0, 0.1) is 0 Å². The molecule has 2 aliphatic carbocycles. The Labute approximate surface area is 180 Å². The molecule has 8 heteroatoms. The summed E-state index contributed by atoms with van der Waals surface area (Å²) >= 11 is 6.68. The highest BCUT2D eigenvalue weighted by Gasteiger charge is 2.33. The molecule has 2 atom stereocenters. The zero-order chi connectivity index (χ0) is 20.2. The summed E-state index contributed by atoms with van der Waals surface area (Å²) in [7, 11) is 0. The van der Waals surface area contributed by atoms with Crippen molar-refractivity contribution in [3.05, 3.63) is 35.7 Å². The van der Waals surface area contributed by atoms with E-state index in [4.69, 9.17) is 11.6 Å². The highest BCUT2D eigenvalue weighted by molar-refractivity contribution is 6.34. The average molecular weight is 427 g/mol. The van der Waals surface area contributed by atoms with Gasteiger partial charge in [0.15, 0.2) is 0 Å². The number of piperazine rings is 1. The molecule has 1 aliphatic heterocycles. The van der Waals surface area contributed by atoms with E-state index < -0.39 is 0 Å². The Morgan fingerprint density at radius 2 is 1.80 bits per heavy atom. The van der Waals surface area contributed by atoms with Crippen LogP contribution >= 0.6 is 11.6 Å². The topological polar surface area (TPSA) is 62.4 Å². The van der Waals surface area contributed by atoms with Crippen LogP contribution in [0.5, 0.6) is 0 Å². The van der Waals surface area contributed by atoms with Gasteiger partial charge in [-0.25, -0.2) is 4.68 Å². The van der Waals surface area contributed by atoms with Gasteiger partial charge in [-0.15, -0.1) is 0 Å². The number of aliphatic hydroxyl groups is 1. The van der Waals surface area contributed by atoms with Crippen LogP contribution < -0.4 is 4.90 Å². The number of hydrogen-bond acceptors (Lipinski definition) is 5. The molecule has 0 spiro atoms. The molecule has 7 nitrogen and oxygen atoms in total. The zero-order valence-corrected chi connectivity index (χ0v) is 17.7. The minimum absolute atomic E-state index is 0.164. The van der Waals surface area contributed by atoms with Gasteiger partial charge < -0.3 is 10.0 Å². The Hall–Kier alpha value is -2.09. The first-order valence-electron chi connectivity index (χ1n) is 11.1. The van der Waals surface area contributed by atoms with Gasteiger partial charge in [0.05, 0.1) is 47.0 Å². The molecule has 3 fully saturated rings. The third kappa shape index (κ3) is 3.20. The normalized spacial score (nSPS) is 25.5. The molecule has 1 N–H and O–H groups in total. The SMILES string of the molecule is OC1CCCC1N1CCN(c2cc3c(cnn3-c3cnn(C4CC4)c3)cc2Cl)CC1. The monoisotopic (exact) mass is 426 g/mol. The Morgan fingerprint density at radius 3 is 2.53 bits per heavy atom. The second-order valence-corrected chi connectivity index (χ2v) is 9.32. The van der Waals surface area contributed by atoms with Gasteiger partial charge in [-0.2, -0.15) is 10.2 Å². The molecule has 3 heterocycles. The smallest absolute Gasteiger partial charge is 0.103 e. The molecule has 1 aromatic carbocycles. The van der Waals surface area contributed by atoms with Gasteiger partial charge in [0, 0.05) is 37.6 Å². The second kappa shape index (κ2) is 7.25. The number of benzene rings is 1. The van der Waals surface area contributed by atoms with Crippen molar-refractivity contribution in [2.45, 2.75) is 50.3 Å². The van der Waals surface area contributed by atoms with E-state index >= 15 is 0 Å². The molecular weight excluding hydrogens is 400 g/mol. The predicted octanol–water partition coefficient (Wildman–Crippen LogP) is 3.25. The van der Waals surface area contributed by atoms with Crippen LogP contribution in [-0.2, 0) is 0 Å². The third-order valence-electron chi connectivity index (χ3n) is 6.96. The first-order chi connectivity index (χ1) is 14.7. The van der Waals surface area contributed by atoms with Crippen LogP contribution in [0.3, 0.4) is 0 Å². The third-order valence-corrected chi connectivity index (χ3v) is 7.26. The lowest BCUT2D eigenvalue weighted by molar-refractivity contribution is 0.0671. The Bertz CT molecular complexity index is 1060. The Balaban J connectivity index is 1.26. The van der Waals surface area contributed by atoms with Crippen molar-refractivity contribution in [1.82, 2.24) is 24.5 Å². The molecule has 158 valence electrons. The second-order valence-electron chi connectivity index (χ2n) is 8.92. The summed E-state index contributed by atoms with van der Waals surface area (Å²) in [4.78, 5) is 4.82. The van der Waals surface area contributed by atoms with Crippen LogP contribution in [0.4, 0.5) is 5.69 Å². The largest absolute Gasteiger partial charge is 0.391 e. The molecule has 2 aromatic heterocycles. The Morgan fingerprint density at radius 1 is 0.967 bits per heavy atom. The first-order valence-corrected chi connectivity index (χ1v) is 11.4. The van der Waals surface area contributed by atoms with E-state index in [9.17, 15) is 5.11 Å². The van der Waals surface area contributed by atoms with Crippen molar-refractivity contribution < 1.29 is 5.11 Å². The number of rotatable bonds is 4. The zero-order valence-electron chi connectivity index (χ0n) is 17.0. The van der Waals surface area contributed by atoms with Crippen molar-refractivity contribution in [1.29, 1.82) is 0 Å². The molecule has 1 saturated heterocycles. The quantitative estimate of drug-likeness (QED) is 0.693. The summed E-state index contributed by atoms with van der Waals surface area (Å²) in [5.74, 6) is 0. The molecule has 6 rings (SSSR count). The maximum Gasteiger partial charge on any atom is 0.103 e.